The van der Waals surface area contributed by atoms with Gasteiger partial charge in [-0.1, -0.05) is 12.2 Å². The van der Waals surface area contributed by atoms with Gasteiger partial charge in [0, 0.05) is 19.0 Å². The Labute approximate surface area is 89.5 Å². The molecule has 1 rings (SSSR count). The summed E-state index contributed by atoms with van der Waals surface area (Å²) in [5.74, 6) is 0.472. The molecule has 0 aliphatic carbocycles. The van der Waals surface area contributed by atoms with Crippen LogP contribution in [0.1, 0.15) is 19.3 Å². The van der Waals surface area contributed by atoms with Crippen molar-refractivity contribution in [2.45, 2.75) is 25.4 Å². The Morgan fingerprint density at radius 1 is 1.50 bits per heavy atom. The van der Waals surface area contributed by atoms with E-state index in [-0.39, 0.29) is 12.0 Å². The molecule has 1 N–H and O–H groups in total. The van der Waals surface area contributed by atoms with Crippen molar-refractivity contribution in [3.8, 4) is 0 Å². The van der Waals surface area contributed by atoms with Crippen LogP contribution in [-0.2, 0) is 9.53 Å². The van der Waals surface area contributed by atoms with Crippen molar-refractivity contribution >= 4 is 17.5 Å². The number of halogens is 1. The van der Waals surface area contributed by atoms with Crippen molar-refractivity contribution in [1.29, 1.82) is 0 Å². The van der Waals surface area contributed by atoms with Crippen LogP contribution in [0.2, 0.25) is 0 Å². The van der Waals surface area contributed by atoms with E-state index < -0.39 is 0 Å². The van der Waals surface area contributed by atoms with Crippen molar-refractivity contribution < 1.29 is 9.53 Å². The maximum atomic E-state index is 11.5. The molecule has 1 aliphatic rings. The van der Waals surface area contributed by atoms with Gasteiger partial charge in [0.2, 0.25) is 5.91 Å². The highest BCUT2D eigenvalue weighted by molar-refractivity contribution is 6.18. The lowest BCUT2D eigenvalue weighted by molar-refractivity contribution is -0.135. The molecule has 1 amide bonds. The van der Waals surface area contributed by atoms with E-state index in [1.807, 2.05) is 12.2 Å². The van der Waals surface area contributed by atoms with Crippen LogP contribution >= 0.6 is 11.6 Å². The van der Waals surface area contributed by atoms with Crippen LogP contribution in [0.3, 0.4) is 0 Å². The zero-order valence-electron chi connectivity index (χ0n) is 8.17. The summed E-state index contributed by atoms with van der Waals surface area (Å²) in [5.41, 5.74) is 0. The van der Waals surface area contributed by atoms with E-state index in [0.29, 0.717) is 19.0 Å². The zero-order valence-corrected chi connectivity index (χ0v) is 8.93. The maximum absolute atomic E-state index is 11.5. The van der Waals surface area contributed by atoms with Gasteiger partial charge in [-0.25, -0.2) is 0 Å². The topological polar surface area (TPSA) is 38.3 Å². The molecule has 1 atom stereocenters. The van der Waals surface area contributed by atoms with Gasteiger partial charge in [0.15, 0.2) is 0 Å². The lowest BCUT2D eigenvalue weighted by Crippen LogP contribution is -2.38. The largest absolute Gasteiger partial charge is 0.368 e. The summed E-state index contributed by atoms with van der Waals surface area (Å²) < 4.78 is 5.33. The van der Waals surface area contributed by atoms with Gasteiger partial charge >= 0.3 is 0 Å². The quantitative estimate of drug-likeness (QED) is 0.572. The van der Waals surface area contributed by atoms with Crippen LogP contribution in [0, 0.1) is 0 Å². The molecule has 0 aromatic rings. The molecular formula is C10H16ClNO2. The van der Waals surface area contributed by atoms with Crippen molar-refractivity contribution in [1.82, 2.24) is 5.32 Å². The fourth-order valence-corrected chi connectivity index (χ4v) is 1.49. The van der Waals surface area contributed by atoms with Gasteiger partial charge in [0.25, 0.3) is 0 Å². The molecule has 80 valence electrons. The fraction of sp³-hybridized carbons (Fsp3) is 0.700. The fourth-order valence-electron chi connectivity index (χ4n) is 1.37. The zero-order chi connectivity index (χ0) is 10.2. The number of carbonyl (C=O) groups excluding carboxylic acids is 1. The first-order chi connectivity index (χ1) is 6.84. The number of hydrogen-bond donors (Lipinski definition) is 1. The van der Waals surface area contributed by atoms with Gasteiger partial charge in [0.05, 0.1) is 0 Å². The lowest BCUT2D eigenvalue weighted by atomic mass is 10.1. The predicted molar refractivity (Wildman–Crippen MR) is 56.5 cm³/mol. The molecule has 0 radical (unpaired) electrons. The molecule has 0 aromatic heterocycles. The second kappa shape index (κ2) is 6.85. The lowest BCUT2D eigenvalue weighted by Gasteiger charge is -2.21. The number of nitrogens with one attached hydrogen (secondary N) is 1. The maximum Gasteiger partial charge on any atom is 0.249 e. The highest BCUT2D eigenvalue weighted by atomic mass is 35.5. The Bertz CT molecular complexity index is 200. The van der Waals surface area contributed by atoms with Crippen LogP contribution in [-0.4, -0.2) is 31.0 Å². The number of carbonyl (C=O) groups is 1. The molecule has 4 heteroatoms. The van der Waals surface area contributed by atoms with E-state index in [0.717, 1.165) is 19.3 Å². The first-order valence-corrected chi connectivity index (χ1v) is 5.48. The van der Waals surface area contributed by atoms with Crippen LogP contribution in [0.25, 0.3) is 0 Å². The Morgan fingerprint density at radius 3 is 3.00 bits per heavy atom. The van der Waals surface area contributed by atoms with Gasteiger partial charge in [-0.05, 0) is 19.3 Å². The number of alkyl halides is 1. The molecule has 1 aliphatic heterocycles. The van der Waals surface area contributed by atoms with Crippen LogP contribution in [0.15, 0.2) is 12.2 Å². The minimum atomic E-state index is -0.242. The SMILES string of the molecule is O=C(NC/C=C/CCl)C1CCCCO1. The Kier molecular flexibility index (Phi) is 5.64. The molecule has 3 nitrogen and oxygen atoms in total. The number of hydrogen-bond acceptors (Lipinski definition) is 2. The van der Waals surface area contributed by atoms with E-state index in [1.165, 1.54) is 0 Å². The molecular weight excluding hydrogens is 202 g/mol. The van der Waals surface area contributed by atoms with Crippen molar-refractivity contribution in [2.24, 2.45) is 0 Å². The second-order valence-corrected chi connectivity index (χ2v) is 3.53. The van der Waals surface area contributed by atoms with E-state index in [4.69, 9.17) is 16.3 Å². The first-order valence-electron chi connectivity index (χ1n) is 4.95. The summed E-state index contributed by atoms with van der Waals surface area (Å²) in [4.78, 5) is 11.5. The smallest absolute Gasteiger partial charge is 0.249 e. The summed E-state index contributed by atoms with van der Waals surface area (Å²) in [6.45, 7) is 1.24. The van der Waals surface area contributed by atoms with Crippen molar-refractivity contribution in [3.05, 3.63) is 12.2 Å². The molecule has 0 bridgehead atoms. The van der Waals surface area contributed by atoms with Crippen LogP contribution in [0.5, 0.6) is 0 Å². The Balaban J connectivity index is 2.16. The molecule has 1 fully saturated rings. The number of ether oxygens (including phenoxy) is 1. The highest BCUT2D eigenvalue weighted by Gasteiger charge is 2.20. The highest BCUT2D eigenvalue weighted by Crippen LogP contribution is 2.12. The van der Waals surface area contributed by atoms with E-state index in [1.54, 1.807) is 0 Å². The van der Waals surface area contributed by atoms with E-state index >= 15 is 0 Å². The van der Waals surface area contributed by atoms with Crippen molar-refractivity contribution in [2.75, 3.05) is 19.0 Å². The van der Waals surface area contributed by atoms with E-state index in [9.17, 15) is 4.79 Å². The standard InChI is InChI=1S/C10H16ClNO2/c11-6-2-3-7-12-10(13)9-5-1-4-8-14-9/h2-3,9H,1,4-8H2,(H,12,13)/b3-2+. The van der Waals surface area contributed by atoms with Crippen LogP contribution < -0.4 is 5.32 Å². The molecule has 1 unspecified atom stereocenters. The van der Waals surface area contributed by atoms with E-state index in [2.05, 4.69) is 5.32 Å². The number of amides is 1. The third-order valence-electron chi connectivity index (χ3n) is 2.12. The molecule has 1 heterocycles. The second-order valence-electron chi connectivity index (χ2n) is 3.23. The van der Waals surface area contributed by atoms with Crippen LogP contribution in [0.4, 0.5) is 0 Å². The molecule has 0 aromatic carbocycles. The van der Waals surface area contributed by atoms with Gasteiger partial charge in [-0.15, -0.1) is 11.6 Å². The van der Waals surface area contributed by atoms with Gasteiger partial charge in [-0.3, -0.25) is 4.79 Å². The summed E-state index contributed by atoms with van der Waals surface area (Å²) in [6, 6.07) is 0. The predicted octanol–water partition coefficient (Wildman–Crippen LogP) is 1.47. The number of allylic oxidation sites excluding steroid dienone is 1. The third-order valence-corrected chi connectivity index (χ3v) is 2.30. The molecule has 1 saturated heterocycles. The average Bonchev–Trinajstić information content (AvgIpc) is 2.25. The summed E-state index contributed by atoms with van der Waals surface area (Å²) >= 11 is 5.44. The normalized spacial score (nSPS) is 22.5. The Hall–Kier alpha value is -0.540. The van der Waals surface area contributed by atoms with Gasteiger partial charge in [0.1, 0.15) is 6.10 Å². The monoisotopic (exact) mass is 217 g/mol. The summed E-state index contributed by atoms with van der Waals surface area (Å²) in [7, 11) is 0. The molecule has 0 saturated carbocycles. The Morgan fingerprint density at radius 2 is 2.36 bits per heavy atom. The average molecular weight is 218 g/mol. The van der Waals surface area contributed by atoms with Crippen molar-refractivity contribution in [3.63, 3.8) is 0 Å². The number of rotatable bonds is 4. The van der Waals surface area contributed by atoms with Gasteiger partial charge in [-0.2, -0.15) is 0 Å². The summed E-state index contributed by atoms with van der Waals surface area (Å²) in [6.07, 6.45) is 6.39. The minimum absolute atomic E-state index is 0.0103. The third kappa shape index (κ3) is 4.11. The molecule has 0 spiro atoms. The van der Waals surface area contributed by atoms with Gasteiger partial charge < -0.3 is 10.1 Å². The summed E-state index contributed by atoms with van der Waals surface area (Å²) in [5, 5.41) is 2.78. The molecule has 14 heavy (non-hydrogen) atoms. The minimum Gasteiger partial charge on any atom is -0.368 e. The first kappa shape index (κ1) is 11.5.